The molecular formula is C16H17ClN6O. The quantitative estimate of drug-likeness (QED) is 0.749. The van der Waals surface area contributed by atoms with E-state index in [9.17, 15) is 4.79 Å². The molecule has 0 radical (unpaired) electrons. The molecule has 1 aliphatic rings. The summed E-state index contributed by atoms with van der Waals surface area (Å²) in [6.07, 6.45) is 6.07. The molecule has 0 saturated carbocycles. The Hall–Kier alpha value is -2.54. The Labute approximate surface area is 143 Å². The van der Waals surface area contributed by atoms with Gasteiger partial charge in [-0.25, -0.2) is 4.79 Å². The van der Waals surface area contributed by atoms with Crippen molar-refractivity contribution in [1.82, 2.24) is 24.9 Å². The van der Waals surface area contributed by atoms with Crippen molar-refractivity contribution in [3.8, 4) is 0 Å². The van der Waals surface area contributed by atoms with Crippen LogP contribution < -0.4 is 5.32 Å². The van der Waals surface area contributed by atoms with Gasteiger partial charge >= 0.3 is 6.03 Å². The molecule has 2 amide bonds. The molecule has 8 heteroatoms. The third-order valence-electron chi connectivity index (χ3n) is 4.41. The van der Waals surface area contributed by atoms with Gasteiger partial charge in [0.25, 0.3) is 0 Å². The Morgan fingerprint density at radius 2 is 2.29 bits per heavy atom. The Morgan fingerprint density at radius 1 is 1.42 bits per heavy atom. The summed E-state index contributed by atoms with van der Waals surface area (Å²) in [7, 11) is 0. The van der Waals surface area contributed by atoms with E-state index in [-0.39, 0.29) is 12.1 Å². The molecule has 3 aromatic rings. The number of hydrogen-bond donors (Lipinski definition) is 2. The van der Waals surface area contributed by atoms with Crippen molar-refractivity contribution in [3.05, 3.63) is 41.3 Å². The number of hydrogen-bond acceptors (Lipinski definition) is 3. The minimum absolute atomic E-state index is 0.103. The predicted octanol–water partition coefficient (Wildman–Crippen LogP) is 3.20. The van der Waals surface area contributed by atoms with Crippen LogP contribution in [0.15, 0.2) is 30.7 Å². The number of carbonyl (C=O) groups is 1. The van der Waals surface area contributed by atoms with Gasteiger partial charge in [0.2, 0.25) is 0 Å². The number of anilines is 1. The highest BCUT2D eigenvalue weighted by atomic mass is 35.5. The number of likely N-dealkylation sites (tertiary alicyclic amines) is 1. The van der Waals surface area contributed by atoms with Crippen molar-refractivity contribution in [2.75, 3.05) is 18.4 Å². The largest absolute Gasteiger partial charge is 0.322 e. The number of urea groups is 1. The van der Waals surface area contributed by atoms with Crippen molar-refractivity contribution >= 4 is 34.2 Å². The van der Waals surface area contributed by atoms with E-state index in [0.29, 0.717) is 18.1 Å². The highest BCUT2D eigenvalue weighted by Crippen LogP contribution is 2.25. The number of nitrogens with one attached hydrogen (secondary N) is 2. The summed E-state index contributed by atoms with van der Waals surface area (Å²) in [6.45, 7) is 3.31. The van der Waals surface area contributed by atoms with E-state index in [2.05, 4.69) is 20.6 Å². The minimum atomic E-state index is -0.103. The van der Waals surface area contributed by atoms with Crippen molar-refractivity contribution in [2.24, 2.45) is 0 Å². The summed E-state index contributed by atoms with van der Waals surface area (Å²) in [4.78, 5) is 14.3. The van der Waals surface area contributed by atoms with Crippen LogP contribution >= 0.6 is 11.6 Å². The van der Waals surface area contributed by atoms with E-state index in [4.69, 9.17) is 11.6 Å². The second-order valence-corrected chi connectivity index (χ2v) is 6.52. The monoisotopic (exact) mass is 344 g/mol. The van der Waals surface area contributed by atoms with Gasteiger partial charge in [-0.2, -0.15) is 10.2 Å². The summed E-state index contributed by atoms with van der Waals surface area (Å²) >= 11 is 5.91. The normalized spacial score (nSPS) is 17.6. The van der Waals surface area contributed by atoms with E-state index in [1.54, 1.807) is 23.5 Å². The van der Waals surface area contributed by atoms with Gasteiger partial charge < -0.3 is 10.2 Å². The average molecular weight is 345 g/mol. The number of H-pyrrole nitrogens is 1. The van der Waals surface area contributed by atoms with Gasteiger partial charge in [0, 0.05) is 30.4 Å². The molecule has 124 valence electrons. The molecule has 1 fully saturated rings. The maximum atomic E-state index is 12.5. The van der Waals surface area contributed by atoms with Crippen LogP contribution in [0.5, 0.6) is 0 Å². The molecular weight excluding hydrogens is 328 g/mol. The van der Waals surface area contributed by atoms with Crippen LogP contribution in [0.2, 0.25) is 5.02 Å². The summed E-state index contributed by atoms with van der Waals surface area (Å²) in [5, 5.41) is 15.8. The van der Waals surface area contributed by atoms with E-state index in [1.807, 2.05) is 23.7 Å². The fraction of sp³-hybridized carbons (Fsp3) is 0.312. The molecule has 3 heterocycles. The number of nitrogens with zero attached hydrogens (tertiary/aromatic N) is 4. The molecule has 4 rings (SSSR count). The Bertz CT molecular complexity index is 901. The maximum Gasteiger partial charge on any atom is 0.321 e. The molecule has 1 unspecified atom stereocenters. The Kier molecular flexibility index (Phi) is 3.65. The van der Waals surface area contributed by atoms with Crippen LogP contribution in [0.1, 0.15) is 18.0 Å². The van der Waals surface area contributed by atoms with Crippen molar-refractivity contribution in [2.45, 2.75) is 19.4 Å². The molecule has 1 aromatic carbocycles. The smallest absolute Gasteiger partial charge is 0.321 e. The first-order valence-corrected chi connectivity index (χ1v) is 8.17. The lowest BCUT2D eigenvalue weighted by molar-refractivity contribution is 0.220. The summed E-state index contributed by atoms with van der Waals surface area (Å²) in [5.41, 5.74) is 2.75. The van der Waals surface area contributed by atoms with Crippen molar-refractivity contribution < 1.29 is 4.79 Å². The van der Waals surface area contributed by atoms with Crippen molar-refractivity contribution in [3.63, 3.8) is 0 Å². The van der Waals surface area contributed by atoms with Crippen LogP contribution in [-0.4, -0.2) is 44.0 Å². The standard InChI is InChI=1S/C16H17ClN6O/c1-10-4-12(5-15-14(10)7-18-21-15)20-16(24)22-3-2-13(9-22)23-8-11(17)6-19-23/h4-8,13H,2-3,9H2,1H3,(H,18,21)(H,20,24). The zero-order valence-corrected chi connectivity index (χ0v) is 13.9. The van der Waals surface area contributed by atoms with Gasteiger partial charge in [0.05, 0.1) is 29.0 Å². The second kappa shape index (κ2) is 5.83. The number of halogens is 1. The van der Waals surface area contributed by atoms with Crippen LogP contribution in [0.4, 0.5) is 10.5 Å². The maximum absolute atomic E-state index is 12.5. The number of amides is 2. The van der Waals surface area contributed by atoms with E-state index in [1.165, 1.54) is 0 Å². The van der Waals surface area contributed by atoms with Gasteiger partial charge in [0.15, 0.2) is 0 Å². The van der Waals surface area contributed by atoms with E-state index < -0.39 is 0 Å². The molecule has 7 nitrogen and oxygen atoms in total. The van der Waals surface area contributed by atoms with Gasteiger partial charge in [0.1, 0.15) is 0 Å². The summed E-state index contributed by atoms with van der Waals surface area (Å²) in [5.74, 6) is 0. The van der Waals surface area contributed by atoms with Crippen LogP contribution in [-0.2, 0) is 0 Å². The summed E-state index contributed by atoms with van der Waals surface area (Å²) in [6, 6.07) is 3.92. The number of rotatable bonds is 2. The lowest BCUT2D eigenvalue weighted by Crippen LogP contribution is -2.33. The van der Waals surface area contributed by atoms with Gasteiger partial charge in [-0.1, -0.05) is 11.6 Å². The fourth-order valence-corrected chi connectivity index (χ4v) is 3.30. The van der Waals surface area contributed by atoms with Crippen LogP contribution in [0.25, 0.3) is 10.9 Å². The molecule has 1 atom stereocenters. The molecule has 0 spiro atoms. The number of carbonyl (C=O) groups excluding carboxylic acids is 1. The molecule has 2 N–H and O–H groups in total. The van der Waals surface area contributed by atoms with Gasteiger partial charge in [-0.3, -0.25) is 9.78 Å². The number of aryl methyl sites for hydroxylation is 1. The highest BCUT2D eigenvalue weighted by molar-refractivity contribution is 6.30. The molecule has 1 aliphatic heterocycles. The lowest BCUT2D eigenvalue weighted by Gasteiger charge is -2.18. The van der Waals surface area contributed by atoms with Crippen molar-refractivity contribution in [1.29, 1.82) is 0 Å². The average Bonchev–Trinajstić information content (AvgIpc) is 3.25. The minimum Gasteiger partial charge on any atom is -0.322 e. The lowest BCUT2D eigenvalue weighted by atomic mass is 10.1. The third-order valence-corrected chi connectivity index (χ3v) is 4.61. The zero-order valence-electron chi connectivity index (χ0n) is 13.2. The first-order chi connectivity index (χ1) is 11.6. The predicted molar refractivity (Wildman–Crippen MR) is 92.3 cm³/mol. The van der Waals surface area contributed by atoms with Gasteiger partial charge in [-0.05, 0) is 31.0 Å². The highest BCUT2D eigenvalue weighted by Gasteiger charge is 2.28. The van der Waals surface area contributed by atoms with Crippen LogP contribution in [0.3, 0.4) is 0 Å². The number of aromatic amines is 1. The molecule has 0 bridgehead atoms. The second-order valence-electron chi connectivity index (χ2n) is 6.08. The van der Waals surface area contributed by atoms with Crippen LogP contribution in [0, 0.1) is 6.92 Å². The Morgan fingerprint density at radius 3 is 3.08 bits per heavy atom. The molecule has 24 heavy (non-hydrogen) atoms. The molecule has 2 aromatic heterocycles. The third kappa shape index (κ3) is 2.71. The van der Waals surface area contributed by atoms with Gasteiger partial charge in [-0.15, -0.1) is 0 Å². The number of fused-ring (bicyclic) bond motifs is 1. The number of benzene rings is 1. The fourth-order valence-electron chi connectivity index (χ4n) is 3.16. The molecule has 0 aliphatic carbocycles. The topological polar surface area (TPSA) is 78.8 Å². The molecule has 1 saturated heterocycles. The summed E-state index contributed by atoms with van der Waals surface area (Å²) < 4.78 is 1.83. The number of aromatic nitrogens is 4. The SMILES string of the molecule is Cc1cc(NC(=O)N2CCC(n3cc(Cl)cn3)C2)cc2[nH]ncc12. The zero-order chi connectivity index (χ0) is 16.7. The Balaban J connectivity index is 1.46. The first kappa shape index (κ1) is 15.0. The van der Waals surface area contributed by atoms with E-state index in [0.717, 1.165) is 28.6 Å². The van der Waals surface area contributed by atoms with E-state index >= 15 is 0 Å². The first-order valence-electron chi connectivity index (χ1n) is 7.79.